The number of methoxy groups -OCH3 is 1. The lowest BCUT2D eigenvalue weighted by molar-refractivity contribution is -0.116. The minimum absolute atomic E-state index is 0.0944. The molecule has 0 saturated carbocycles. The molecule has 0 spiro atoms. The average Bonchev–Trinajstić information content (AvgIpc) is 2.77. The van der Waals surface area contributed by atoms with Crippen LogP contribution in [0.1, 0.15) is 5.56 Å². The van der Waals surface area contributed by atoms with Crippen molar-refractivity contribution in [3.05, 3.63) is 89.4 Å². The second kappa shape index (κ2) is 10.4. The number of carbonyl (C=O) groups is 1. The van der Waals surface area contributed by atoms with Gasteiger partial charge in [0.15, 0.2) is 0 Å². The van der Waals surface area contributed by atoms with Crippen molar-refractivity contribution in [2.75, 3.05) is 25.5 Å². The molecule has 0 radical (unpaired) electrons. The van der Waals surface area contributed by atoms with Crippen molar-refractivity contribution in [3.63, 3.8) is 0 Å². The van der Waals surface area contributed by atoms with Gasteiger partial charge in [-0.2, -0.15) is 4.31 Å². The van der Waals surface area contributed by atoms with E-state index < -0.39 is 15.9 Å². The van der Waals surface area contributed by atoms with E-state index in [2.05, 4.69) is 5.32 Å². The van der Waals surface area contributed by atoms with Crippen molar-refractivity contribution in [1.82, 2.24) is 4.31 Å². The number of halogens is 1. The van der Waals surface area contributed by atoms with Gasteiger partial charge in [0.25, 0.3) is 0 Å². The molecule has 3 aromatic rings. The van der Waals surface area contributed by atoms with Crippen LogP contribution < -0.4 is 10.1 Å². The lowest BCUT2D eigenvalue weighted by Crippen LogP contribution is -2.39. The molecular formula is C23H23ClN2O4S. The smallest absolute Gasteiger partial charge is 0.243 e. The fourth-order valence-corrected chi connectivity index (χ4v) is 4.59. The third-order valence-corrected chi connectivity index (χ3v) is 6.71. The van der Waals surface area contributed by atoms with E-state index in [0.29, 0.717) is 22.9 Å². The summed E-state index contributed by atoms with van der Waals surface area (Å²) in [6.45, 7) is -0.172. The molecule has 0 saturated heterocycles. The van der Waals surface area contributed by atoms with Crippen LogP contribution in [0, 0.1) is 0 Å². The number of hydrogen-bond acceptors (Lipinski definition) is 4. The van der Waals surface area contributed by atoms with Crippen molar-refractivity contribution in [3.8, 4) is 5.75 Å². The van der Waals surface area contributed by atoms with E-state index in [0.717, 1.165) is 5.56 Å². The SMILES string of the molecule is COc1ccc(S(=O)(=O)N(CCc2ccccc2)CC(=O)Nc2cccc(Cl)c2)cc1. The third-order valence-electron chi connectivity index (χ3n) is 4.62. The predicted octanol–water partition coefficient (Wildman–Crippen LogP) is 4.22. The largest absolute Gasteiger partial charge is 0.497 e. The fraction of sp³-hybridized carbons (Fsp3) is 0.174. The van der Waals surface area contributed by atoms with Gasteiger partial charge in [0.05, 0.1) is 18.6 Å². The molecule has 0 aliphatic heterocycles. The number of anilines is 1. The number of ether oxygens (including phenoxy) is 1. The molecule has 3 rings (SSSR count). The first-order chi connectivity index (χ1) is 14.9. The van der Waals surface area contributed by atoms with Crippen LogP contribution in [-0.2, 0) is 21.2 Å². The number of nitrogens with zero attached hydrogens (tertiary/aromatic N) is 1. The molecule has 0 bridgehead atoms. The van der Waals surface area contributed by atoms with Crippen LogP contribution in [0.4, 0.5) is 5.69 Å². The first-order valence-electron chi connectivity index (χ1n) is 9.62. The number of rotatable bonds is 9. The van der Waals surface area contributed by atoms with E-state index in [4.69, 9.17) is 16.3 Å². The Morgan fingerprint density at radius 1 is 1.00 bits per heavy atom. The van der Waals surface area contributed by atoms with E-state index in [-0.39, 0.29) is 18.0 Å². The summed E-state index contributed by atoms with van der Waals surface area (Å²) >= 11 is 5.96. The summed E-state index contributed by atoms with van der Waals surface area (Å²) in [6.07, 6.45) is 0.473. The van der Waals surface area contributed by atoms with Crippen molar-refractivity contribution in [1.29, 1.82) is 0 Å². The molecule has 8 heteroatoms. The highest BCUT2D eigenvalue weighted by Crippen LogP contribution is 2.21. The minimum atomic E-state index is -3.90. The van der Waals surface area contributed by atoms with Gasteiger partial charge in [-0.05, 0) is 54.4 Å². The molecule has 0 fully saturated rings. The Bertz CT molecular complexity index is 1120. The molecule has 31 heavy (non-hydrogen) atoms. The molecule has 162 valence electrons. The lowest BCUT2D eigenvalue weighted by atomic mass is 10.1. The predicted molar refractivity (Wildman–Crippen MR) is 122 cm³/mol. The van der Waals surface area contributed by atoms with E-state index in [1.165, 1.54) is 23.5 Å². The first kappa shape index (κ1) is 22.8. The monoisotopic (exact) mass is 458 g/mol. The Morgan fingerprint density at radius 2 is 1.71 bits per heavy atom. The van der Waals surface area contributed by atoms with Gasteiger partial charge in [-0.3, -0.25) is 4.79 Å². The highest BCUT2D eigenvalue weighted by atomic mass is 35.5. The Kier molecular flexibility index (Phi) is 7.68. The Morgan fingerprint density at radius 3 is 2.35 bits per heavy atom. The standard InChI is InChI=1S/C23H23ClN2O4S/c1-30-21-10-12-22(13-11-21)31(28,29)26(15-14-18-6-3-2-4-7-18)17-23(27)25-20-9-5-8-19(24)16-20/h2-13,16H,14-15,17H2,1H3,(H,25,27). The van der Waals surface area contributed by atoms with Crippen LogP contribution in [0.25, 0.3) is 0 Å². The van der Waals surface area contributed by atoms with Gasteiger partial charge in [0, 0.05) is 17.3 Å². The number of sulfonamides is 1. The van der Waals surface area contributed by atoms with Crippen molar-refractivity contribution in [2.24, 2.45) is 0 Å². The van der Waals surface area contributed by atoms with Gasteiger partial charge in [0.1, 0.15) is 5.75 Å². The zero-order valence-corrected chi connectivity index (χ0v) is 18.6. The fourth-order valence-electron chi connectivity index (χ4n) is 3.01. The highest BCUT2D eigenvalue weighted by molar-refractivity contribution is 7.89. The number of nitrogens with one attached hydrogen (secondary N) is 1. The lowest BCUT2D eigenvalue weighted by Gasteiger charge is -2.22. The molecule has 0 unspecified atom stereocenters. The number of hydrogen-bond donors (Lipinski definition) is 1. The van der Waals surface area contributed by atoms with Gasteiger partial charge in [0.2, 0.25) is 15.9 Å². The summed E-state index contributed by atoms with van der Waals surface area (Å²) in [5.41, 5.74) is 1.48. The summed E-state index contributed by atoms with van der Waals surface area (Å²) < 4.78 is 32.8. The maximum Gasteiger partial charge on any atom is 0.243 e. The van der Waals surface area contributed by atoms with Gasteiger partial charge < -0.3 is 10.1 Å². The van der Waals surface area contributed by atoms with Crippen LogP contribution in [0.3, 0.4) is 0 Å². The van der Waals surface area contributed by atoms with Crippen LogP contribution in [0.5, 0.6) is 5.75 Å². The van der Waals surface area contributed by atoms with Gasteiger partial charge in [-0.25, -0.2) is 8.42 Å². The zero-order valence-electron chi connectivity index (χ0n) is 17.0. The Balaban J connectivity index is 1.81. The molecule has 1 amide bonds. The van der Waals surface area contributed by atoms with Crippen LogP contribution in [0.15, 0.2) is 83.8 Å². The van der Waals surface area contributed by atoms with Crippen LogP contribution >= 0.6 is 11.6 Å². The third kappa shape index (κ3) is 6.30. The summed E-state index contributed by atoms with van der Waals surface area (Å²) in [4.78, 5) is 12.7. The molecule has 6 nitrogen and oxygen atoms in total. The second-order valence-electron chi connectivity index (χ2n) is 6.81. The normalized spacial score (nSPS) is 11.3. The number of carbonyl (C=O) groups excluding carboxylic acids is 1. The Labute approximate surface area is 187 Å². The molecular weight excluding hydrogens is 436 g/mol. The van der Waals surface area contributed by atoms with Crippen molar-refractivity contribution in [2.45, 2.75) is 11.3 Å². The van der Waals surface area contributed by atoms with Crippen molar-refractivity contribution >= 4 is 33.2 Å². The molecule has 0 atom stereocenters. The van der Waals surface area contributed by atoms with Crippen LogP contribution in [0.2, 0.25) is 5.02 Å². The quantitative estimate of drug-likeness (QED) is 0.521. The Hall–Kier alpha value is -2.87. The molecule has 0 aliphatic carbocycles. The summed E-state index contributed by atoms with van der Waals surface area (Å²) in [5, 5.41) is 3.18. The minimum Gasteiger partial charge on any atom is -0.497 e. The van der Waals surface area contributed by atoms with Crippen LogP contribution in [-0.4, -0.2) is 38.8 Å². The summed E-state index contributed by atoms with van der Waals surface area (Å²) in [6, 6.07) is 22.3. The maximum absolute atomic E-state index is 13.3. The van der Waals surface area contributed by atoms with Gasteiger partial charge in [-0.1, -0.05) is 48.0 Å². The molecule has 1 N–H and O–H groups in total. The summed E-state index contributed by atoms with van der Waals surface area (Å²) in [7, 11) is -2.39. The zero-order chi connectivity index (χ0) is 22.3. The maximum atomic E-state index is 13.3. The van der Waals surface area contributed by atoms with E-state index in [1.54, 1.807) is 36.4 Å². The first-order valence-corrected chi connectivity index (χ1v) is 11.4. The molecule has 0 heterocycles. The topological polar surface area (TPSA) is 75.7 Å². The highest BCUT2D eigenvalue weighted by Gasteiger charge is 2.26. The number of benzene rings is 3. The number of amides is 1. The molecule has 0 aliphatic rings. The molecule has 0 aromatic heterocycles. The van der Waals surface area contributed by atoms with E-state index in [9.17, 15) is 13.2 Å². The van der Waals surface area contributed by atoms with Gasteiger partial charge in [-0.15, -0.1) is 0 Å². The average molecular weight is 459 g/mol. The molecule has 3 aromatic carbocycles. The van der Waals surface area contributed by atoms with Gasteiger partial charge >= 0.3 is 0 Å². The van der Waals surface area contributed by atoms with E-state index >= 15 is 0 Å². The summed E-state index contributed by atoms with van der Waals surface area (Å²) in [5.74, 6) is 0.0981. The van der Waals surface area contributed by atoms with E-state index in [1.807, 2.05) is 30.3 Å². The second-order valence-corrected chi connectivity index (χ2v) is 9.18. The van der Waals surface area contributed by atoms with Crippen molar-refractivity contribution < 1.29 is 17.9 Å².